The van der Waals surface area contributed by atoms with Crippen LogP contribution < -0.4 is 0 Å². The normalized spacial score (nSPS) is 8.33. The largest absolute Gasteiger partial charge is 0.310 e. The Morgan fingerprint density at radius 2 is 2.44 bits per heavy atom. The number of rotatable bonds is 1. The van der Waals surface area contributed by atoms with Gasteiger partial charge in [-0.1, -0.05) is 0 Å². The Bertz CT molecular complexity index is 211. The zero-order valence-electron chi connectivity index (χ0n) is 4.78. The van der Waals surface area contributed by atoms with E-state index in [-0.39, 0.29) is 0 Å². The van der Waals surface area contributed by atoms with E-state index >= 15 is 0 Å². The van der Waals surface area contributed by atoms with E-state index in [0.29, 0.717) is 6.54 Å². The minimum Gasteiger partial charge on any atom is -0.310 e. The molecule has 0 fully saturated rings. The highest BCUT2D eigenvalue weighted by Crippen LogP contribution is 1.90. The van der Waals surface area contributed by atoms with Crippen molar-refractivity contribution in [3.05, 3.63) is 35.7 Å². The number of hydrogen-bond acceptors (Lipinski definition) is 2. The van der Waals surface area contributed by atoms with Crippen molar-refractivity contribution >= 4 is 0 Å². The molecule has 0 aliphatic carbocycles. The van der Waals surface area contributed by atoms with Crippen molar-refractivity contribution in [3.8, 4) is 0 Å². The minimum absolute atomic E-state index is 0.327. The molecule has 0 spiro atoms. The van der Waals surface area contributed by atoms with E-state index in [1.54, 1.807) is 18.6 Å². The van der Waals surface area contributed by atoms with Crippen LogP contribution in [0.1, 0.15) is 5.69 Å². The molecule has 0 bridgehead atoms. The third-order valence-electron chi connectivity index (χ3n) is 0.858. The SMILES string of the molecule is [C-]#[N+]Cc1cnccn1. The maximum Gasteiger partial charge on any atom is 0.257 e. The molecule has 1 aromatic heterocycles. The molecule has 0 aliphatic rings. The summed E-state index contributed by atoms with van der Waals surface area (Å²) in [6.07, 6.45) is 4.77. The zero-order chi connectivity index (χ0) is 6.53. The van der Waals surface area contributed by atoms with Gasteiger partial charge >= 0.3 is 0 Å². The minimum atomic E-state index is 0.327. The maximum absolute atomic E-state index is 6.50. The van der Waals surface area contributed by atoms with Crippen molar-refractivity contribution in [1.82, 2.24) is 9.97 Å². The molecule has 1 aromatic rings. The fourth-order valence-corrected chi connectivity index (χ4v) is 0.493. The van der Waals surface area contributed by atoms with Crippen molar-refractivity contribution in [1.29, 1.82) is 0 Å². The van der Waals surface area contributed by atoms with Crippen LogP contribution in [0.2, 0.25) is 0 Å². The molecule has 3 nitrogen and oxygen atoms in total. The van der Waals surface area contributed by atoms with Gasteiger partial charge in [-0.3, -0.25) is 9.97 Å². The summed E-state index contributed by atoms with van der Waals surface area (Å²) in [4.78, 5) is 10.8. The predicted molar refractivity (Wildman–Crippen MR) is 32.3 cm³/mol. The van der Waals surface area contributed by atoms with Crippen LogP contribution in [0.3, 0.4) is 0 Å². The van der Waals surface area contributed by atoms with Gasteiger partial charge in [-0.2, -0.15) is 0 Å². The van der Waals surface area contributed by atoms with Crippen LogP contribution in [0.15, 0.2) is 18.6 Å². The van der Waals surface area contributed by atoms with Gasteiger partial charge in [0.1, 0.15) is 5.69 Å². The van der Waals surface area contributed by atoms with Gasteiger partial charge in [0.25, 0.3) is 6.54 Å². The third kappa shape index (κ3) is 1.50. The van der Waals surface area contributed by atoms with Crippen LogP contribution >= 0.6 is 0 Å². The molecule has 0 unspecified atom stereocenters. The van der Waals surface area contributed by atoms with E-state index in [1.165, 1.54) is 0 Å². The highest BCUT2D eigenvalue weighted by molar-refractivity contribution is 4.96. The standard InChI is InChI=1S/C6H5N3/c1-7-4-6-5-8-2-3-9-6/h2-3,5H,4H2. The second-order valence-corrected chi connectivity index (χ2v) is 1.51. The molecule has 0 atom stereocenters. The van der Waals surface area contributed by atoms with E-state index < -0.39 is 0 Å². The first-order valence-corrected chi connectivity index (χ1v) is 2.51. The Labute approximate surface area is 53.2 Å². The van der Waals surface area contributed by atoms with Crippen LogP contribution in [0.25, 0.3) is 4.85 Å². The Morgan fingerprint density at radius 1 is 1.56 bits per heavy atom. The summed E-state index contributed by atoms with van der Waals surface area (Å²) in [5, 5.41) is 0. The molecule has 1 rings (SSSR count). The molecule has 0 saturated carbocycles. The molecule has 0 N–H and O–H groups in total. The van der Waals surface area contributed by atoms with Crippen molar-refractivity contribution in [3.63, 3.8) is 0 Å². The molecule has 0 radical (unpaired) electrons. The van der Waals surface area contributed by atoms with E-state index in [4.69, 9.17) is 6.57 Å². The monoisotopic (exact) mass is 119 g/mol. The molecule has 0 aliphatic heterocycles. The van der Waals surface area contributed by atoms with Crippen LogP contribution in [-0.2, 0) is 6.54 Å². The number of hydrogen-bond donors (Lipinski definition) is 0. The Hall–Kier alpha value is -1.43. The van der Waals surface area contributed by atoms with Crippen LogP contribution in [0, 0.1) is 6.57 Å². The van der Waals surface area contributed by atoms with Gasteiger partial charge in [0.2, 0.25) is 0 Å². The lowest BCUT2D eigenvalue weighted by atomic mass is 10.5. The number of aromatic nitrogens is 2. The van der Waals surface area contributed by atoms with Crippen molar-refractivity contribution in [2.24, 2.45) is 0 Å². The molecule has 44 valence electrons. The van der Waals surface area contributed by atoms with Gasteiger partial charge in [-0.25, -0.2) is 6.57 Å². The molecule has 0 amide bonds. The summed E-state index contributed by atoms with van der Waals surface area (Å²) < 4.78 is 0. The summed E-state index contributed by atoms with van der Waals surface area (Å²) >= 11 is 0. The van der Waals surface area contributed by atoms with Crippen LogP contribution in [0.4, 0.5) is 0 Å². The number of nitrogens with zero attached hydrogens (tertiary/aromatic N) is 3. The fraction of sp³-hybridized carbons (Fsp3) is 0.167. The van der Waals surface area contributed by atoms with Gasteiger partial charge in [-0.15, -0.1) is 0 Å². The lowest BCUT2D eigenvalue weighted by molar-refractivity contribution is 1.05. The summed E-state index contributed by atoms with van der Waals surface area (Å²) in [5.74, 6) is 0. The Balaban J connectivity index is 2.76. The van der Waals surface area contributed by atoms with Crippen LogP contribution in [-0.4, -0.2) is 9.97 Å². The highest BCUT2D eigenvalue weighted by atomic mass is 14.8. The second-order valence-electron chi connectivity index (χ2n) is 1.51. The highest BCUT2D eigenvalue weighted by Gasteiger charge is 1.91. The average Bonchev–Trinajstić information content (AvgIpc) is 1.91. The first-order chi connectivity index (χ1) is 4.43. The summed E-state index contributed by atoms with van der Waals surface area (Å²) in [7, 11) is 0. The fourth-order valence-electron chi connectivity index (χ4n) is 0.493. The topological polar surface area (TPSA) is 30.1 Å². The molecule has 1 heterocycles. The van der Waals surface area contributed by atoms with Crippen molar-refractivity contribution in [2.75, 3.05) is 0 Å². The summed E-state index contributed by atoms with van der Waals surface area (Å²) in [5.41, 5.74) is 0.729. The molecule has 9 heavy (non-hydrogen) atoms. The van der Waals surface area contributed by atoms with Crippen LogP contribution in [0.5, 0.6) is 0 Å². The zero-order valence-corrected chi connectivity index (χ0v) is 4.78. The molecular weight excluding hydrogens is 114 g/mol. The van der Waals surface area contributed by atoms with E-state index in [9.17, 15) is 0 Å². The van der Waals surface area contributed by atoms with Gasteiger partial charge < -0.3 is 4.85 Å². The smallest absolute Gasteiger partial charge is 0.257 e. The van der Waals surface area contributed by atoms with E-state index in [1.807, 2.05) is 0 Å². The summed E-state index contributed by atoms with van der Waals surface area (Å²) in [6.45, 7) is 6.82. The van der Waals surface area contributed by atoms with E-state index in [2.05, 4.69) is 14.8 Å². The van der Waals surface area contributed by atoms with Gasteiger partial charge in [0, 0.05) is 12.4 Å². The third-order valence-corrected chi connectivity index (χ3v) is 0.858. The first kappa shape index (κ1) is 5.70. The Kier molecular flexibility index (Phi) is 1.76. The molecule has 0 aromatic carbocycles. The van der Waals surface area contributed by atoms with Gasteiger partial charge in [-0.05, 0) is 0 Å². The van der Waals surface area contributed by atoms with Crippen molar-refractivity contribution in [2.45, 2.75) is 6.54 Å². The lowest BCUT2D eigenvalue weighted by Gasteiger charge is -1.84. The van der Waals surface area contributed by atoms with Crippen molar-refractivity contribution < 1.29 is 0 Å². The van der Waals surface area contributed by atoms with Gasteiger partial charge in [0.05, 0.1) is 6.20 Å². The predicted octanol–water partition coefficient (Wildman–Crippen LogP) is 0.896. The van der Waals surface area contributed by atoms with E-state index in [0.717, 1.165) is 5.69 Å². The second kappa shape index (κ2) is 2.78. The Morgan fingerprint density at radius 3 is 3.00 bits per heavy atom. The molecular formula is C6H5N3. The summed E-state index contributed by atoms with van der Waals surface area (Å²) in [6, 6.07) is 0. The molecule has 3 heteroatoms. The first-order valence-electron chi connectivity index (χ1n) is 2.51. The quantitative estimate of drug-likeness (QED) is 0.514. The lowest BCUT2D eigenvalue weighted by Crippen LogP contribution is -1.84. The average molecular weight is 119 g/mol. The molecule has 0 saturated heterocycles. The van der Waals surface area contributed by atoms with Gasteiger partial charge in [0.15, 0.2) is 0 Å². The maximum atomic E-state index is 6.50.